The summed E-state index contributed by atoms with van der Waals surface area (Å²) in [5.41, 5.74) is 0.988. The minimum Gasteiger partial charge on any atom is -0.504 e. The Morgan fingerprint density at radius 1 is 1.06 bits per heavy atom. The molecule has 3 aromatic rings. The number of thioether (sulfide) groups is 1. The second-order valence-electron chi connectivity index (χ2n) is 9.31. The van der Waals surface area contributed by atoms with E-state index in [4.69, 9.17) is 9.47 Å². The predicted molar refractivity (Wildman–Crippen MR) is 138 cm³/mol. The normalized spacial score (nSPS) is 16.8. The lowest BCUT2D eigenvalue weighted by Gasteiger charge is -2.35. The number of anilines is 1. The highest BCUT2D eigenvalue weighted by Crippen LogP contribution is 2.54. The van der Waals surface area contributed by atoms with Crippen molar-refractivity contribution in [3.05, 3.63) is 71.3 Å². The van der Waals surface area contributed by atoms with Crippen LogP contribution in [0.5, 0.6) is 17.2 Å². The van der Waals surface area contributed by atoms with Gasteiger partial charge in [-0.05, 0) is 80.1 Å². The van der Waals surface area contributed by atoms with Gasteiger partial charge in [0.1, 0.15) is 11.5 Å². The van der Waals surface area contributed by atoms with Crippen LogP contribution >= 0.6 is 11.8 Å². The molecule has 0 saturated carbocycles. The summed E-state index contributed by atoms with van der Waals surface area (Å²) in [7, 11) is 1.48. The molecule has 0 unspecified atom stereocenters. The van der Waals surface area contributed by atoms with Crippen molar-refractivity contribution >= 4 is 34.9 Å². The summed E-state index contributed by atoms with van der Waals surface area (Å²) < 4.78 is 50.8. The molecule has 0 aliphatic carbocycles. The van der Waals surface area contributed by atoms with Gasteiger partial charge in [-0.15, -0.1) is 0 Å². The van der Waals surface area contributed by atoms with Crippen LogP contribution in [0.3, 0.4) is 0 Å². The maximum absolute atomic E-state index is 13.0. The summed E-state index contributed by atoms with van der Waals surface area (Å²) in [6.45, 7) is 6.17. The highest BCUT2D eigenvalue weighted by Gasteiger charge is 2.34. The number of hydrogen-bond donors (Lipinski definition) is 2. The van der Waals surface area contributed by atoms with Crippen LogP contribution in [-0.2, 0) is 0 Å². The van der Waals surface area contributed by atoms with Gasteiger partial charge in [0.15, 0.2) is 11.5 Å². The predicted octanol–water partition coefficient (Wildman–Crippen LogP) is 8.18. The van der Waals surface area contributed by atoms with E-state index in [1.807, 2.05) is 19.1 Å². The summed E-state index contributed by atoms with van der Waals surface area (Å²) in [5.74, 6) is 1.25. The van der Waals surface area contributed by atoms with E-state index in [0.29, 0.717) is 28.4 Å². The summed E-state index contributed by atoms with van der Waals surface area (Å²) in [6.07, 6.45) is 3.87. The first-order chi connectivity index (χ1) is 17.0. The van der Waals surface area contributed by atoms with Crippen LogP contribution in [-0.4, -0.2) is 23.3 Å². The van der Waals surface area contributed by atoms with Gasteiger partial charge in [0.2, 0.25) is 0 Å². The third kappa shape index (κ3) is 4.41. The number of phenols is 1. The average Bonchev–Trinajstić information content (AvgIpc) is 2.77. The molecule has 2 aliphatic heterocycles. The standard InChI is InChI=1S/C28H24F3NO3S/c1-15-14-27(2,3)32-19-9-8-18-24(23(15)19)22(35-21-11-10-20(33)26(34-4)25(18)21)13-16-6-5-7-17(12-16)36-28(29,30)31/h5-14,32-33H,1-4H3/b22-13-. The molecule has 0 fully saturated rings. The summed E-state index contributed by atoms with van der Waals surface area (Å²) in [5, 5.41) is 14.0. The van der Waals surface area contributed by atoms with E-state index < -0.39 is 5.51 Å². The number of ether oxygens (including phenoxy) is 2. The van der Waals surface area contributed by atoms with Gasteiger partial charge in [-0.3, -0.25) is 0 Å². The smallest absolute Gasteiger partial charge is 0.446 e. The van der Waals surface area contributed by atoms with E-state index in [1.54, 1.807) is 24.3 Å². The van der Waals surface area contributed by atoms with Gasteiger partial charge in [-0.2, -0.15) is 13.2 Å². The number of benzene rings is 3. The largest absolute Gasteiger partial charge is 0.504 e. The van der Waals surface area contributed by atoms with Crippen LogP contribution in [0.2, 0.25) is 0 Å². The molecule has 3 aromatic carbocycles. The molecule has 8 heteroatoms. The van der Waals surface area contributed by atoms with Crippen molar-refractivity contribution in [2.24, 2.45) is 0 Å². The third-order valence-corrected chi connectivity index (χ3v) is 6.78. The van der Waals surface area contributed by atoms with Gasteiger partial charge in [-0.1, -0.05) is 24.3 Å². The number of halogens is 3. The fraction of sp³-hybridized carbons (Fsp3) is 0.214. The number of nitrogens with one attached hydrogen (secondary N) is 1. The second kappa shape index (κ2) is 8.55. The molecule has 36 heavy (non-hydrogen) atoms. The average molecular weight is 512 g/mol. The van der Waals surface area contributed by atoms with Crippen molar-refractivity contribution in [1.82, 2.24) is 0 Å². The molecule has 0 radical (unpaired) electrons. The molecule has 0 bridgehead atoms. The topological polar surface area (TPSA) is 50.7 Å². The first kappa shape index (κ1) is 24.2. The zero-order valence-electron chi connectivity index (χ0n) is 20.1. The number of hydrogen-bond acceptors (Lipinski definition) is 5. The van der Waals surface area contributed by atoms with Crippen LogP contribution in [0.4, 0.5) is 18.9 Å². The fourth-order valence-electron chi connectivity index (χ4n) is 4.90. The Kier molecular flexibility index (Phi) is 5.75. The molecule has 0 spiro atoms. The molecule has 2 aliphatic rings. The zero-order chi connectivity index (χ0) is 25.8. The van der Waals surface area contributed by atoms with Crippen LogP contribution < -0.4 is 14.8 Å². The third-order valence-electron chi connectivity index (χ3n) is 6.06. The molecule has 2 N–H and O–H groups in total. The van der Waals surface area contributed by atoms with Gasteiger partial charge in [0.25, 0.3) is 0 Å². The molecular formula is C28H24F3NO3S. The number of methoxy groups -OCH3 is 1. The van der Waals surface area contributed by atoms with Crippen molar-refractivity contribution < 1.29 is 27.8 Å². The Bertz CT molecular complexity index is 1440. The number of phenolic OH excluding ortho intramolecular Hbond substituents is 1. The lowest BCUT2D eigenvalue weighted by atomic mass is 9.83. The number of fused-ring (bicyclic) bond motifs is 5. The van der Waals surface area contributed by atoms with Crippen molar-refractivity contribution in [3.63, 3.8) is 0 Å². The van der Waals surface area contributed by atoms with Crippen molar-refractivity contribution in [2.75, 3.05) is 12.4 Å². The quantitative estimate of drug-likeness (QED) is 0.347. The van der Waals surface area contributed by atoms with E-state index in [0.717, 1.165) is 28.0 Å². The van der Waals surface area contributed by atoms with Gasteiger partial charge < -0.3 is 19.9 Å². The lowest BCUT2D eigenvalue weighted by molar-refractivity contribution is -0.0328. The first-order valence-corrected chi connectivity index (χ1v) is 12.1. The van der Waals surface area contributed by atoms with E-state index in [2.05, 4.69) is 25.2 Å². The molecule has 4 nitrogen and oxygen atoms in total. The van der Waals surface area contributed by atoms with Crippen LogP contribution in [0.15, 0.2) is 59.5 Å². The van der Waals surface area contributed by atoms with E-state index in [1.165, 1.54) is 25.3 Å². The monoisotopic (exact) mass is 511 g/mol. The summed E-state index contributed by atoms with van der Waals surface area (Å²) in [4.78, 5) is 0.0921. The Labute approximate surface area is 211 Å². The highest BCUT2D eigenvalue weighted by molar-refractivity contribution is 8.00. The molecule has 0 saturated heterocycles. The number of aromatic hydroxyl groups is 1. The van der Waals surface area contributed by atoms with Crippen LogP contribution in [0.1, 0.15) is 37.5 Å². The van der Waals surface area contributed by atoms with Crippen LogP contribution in [0, 0.1) is 0 Å². The highest BCUT2D eigenvalue weighted by atomic mass is 32.2. The molecule has 0 amide bonds. The number of alkyl halides is 3. The molecule has 0 atom stereocenters. The van der Waals surface area contributed by atoms with E-state index in [9.17, 15) is 18.3 Å². The summed E-state index contributed by atoms with van der Waals surface area (Å²) in [6, 6.07) is 13.3. The van der Waals surface area contributed by atoms with E-state index >= 15 is 0 Å². The Morgan fingerprint density at radius 3 is 2.56 bits per heavy atom. The number of rotatable bonds is 3. The zero-order valence-corrected chi connectivity index (χ0v) is 20.9. The maximum atomic E-state index is 13.0. The Balaban J connectivity index is 1.75. The molecule has 2 heterocycles. The fourth-order valence-corrected chi connectivity index (χ4v) is 5.51. The van der Waals surface area contributed by atoms with Crippen LogP contribution in [0.25, 0.3) is 28.5 Å². The second-order valence-corrected chi connectivity index (χ2v) is 10.4. The SMILES string of the molecule is COc1c(O)ccc2c1-c1ccc3c(c1/C(=C/c1cccc(SC(F)(F)F)c1)O2)C(C)=CC(C)(C)N3. The Hall–Kier alpha value is -3.52. The minimum absolute atomic E-state index is 0.0145. The lowest BCUT2D eigenvalue weighted by Crippen LogP contribution is -2.32. The molecular weight excluding hydrogens is 487 g/mol. The van der Waals surface area contributed by atoms with Gasteiger partial charge in [0.05, 0.1) is 18.2 Å². The van der Waals surface area contributed by atoms with Gasteiger partial charge in [-0.25, -0.2) is 0 Å². The molecule has 186 valence electrons. The van der Waals surface area contributed by atoms with Crippen molar-refractivity contribution in [1.29, 1.82) is 0 Å². The molecule has 5 rings (SSSR count). The van der Waals surface area contributed by atoms with E-state index in [-0.39, 0.29) is 27.9 Å². The Morgan fingerprint density at radius 2 is 1.83 bits per heavy atom. The number of allylic oxidation sites excluding steroid dienone is 1. The van der Waals surface area contributed by atoms with Crippen molar-refractivity contribution in [3.8, 4) is 28.4 Å². The first-order valence-electron chi connectivity index (χ1n) is 11.3. The maximum Gasteiger partial charge on any atom is 0.446 e. The van der Waals surface area contributed by atoms with Gasteiger partial charge >= 0.3 is 5.51 Å². The molecule has 0 aromatic heterocycles. The summed E-state index contributed by atoms with van der Waals surface area (Å²) >= 11 is -0.153. The van der Waals surface area contributed by atoms with Gasteiger partial charge in [0, 0.05) is 27.3 Å². The minimum atomic E-state index is -4.38. The van der Waals surface area contributed by atoms with Crippen molar-refractivity contribution in [2.45, 2.75) is 36.7 Å².